The Balaban J connectivity index is 0.616. The molecular formula is C83H114N18O16S2. The van der Waals surface area contributed by atoms with E-state index in [2.05, 4.69) is 84.0 Å². The molecule has 0 bridgehead atoms. The van der Waals surface area contributed by atoms with Gasteiger partial charge in [0.05, 0.1) is 55.2 Å². The number of amides is 5. The zero-order valence-electron chi connectivity index (χ0n) is 68.7. The van der Waals surface area contributed by atoms with Crippen molar-refractivity contribution in [2.75, 3.05) is 101 Å². The maximum atomic E-state index is 15.1. The number of ketones is 3. The van der Waals surface area contributed by atoms with Gasteiger partial charge >= 0.3 is 6.09 Å². The molecule has 12 atom stereocenters. The number of aliphatic hydroxyl groups is 3. The van der Waals surface area contributed by atoms with Gasteiger partial charge in [0.1, 0.15) is 30.9 Å². The number of piperidine rings is 2. The first kappa shape index (κ1) is 89.8. The molecular weight excluding hydrogens is 1570 g/mol. The molecule has 1 aliphatic carbocycles. The van der Waals surface area contributed by atoms with Crippen LogP contribution in [0.2, 0.25) is 0 Å². The van der Waals surface area contributed by atoms with Gasteiger partial charge in [0.15, 0.2) is 34.3 Å². The first-order chi connectivity index (χ1) is 57.0. The summed E-state index contributed by atoms with van der Waals surface area (Å²) >= 11 is 0. The van der Waals surface area contributed by atoms with Crippen LogP contribution in [0.25, 0.3) is 22.1 Å². The minimum atomic E-state index is -2.51. The number of aliphatic hydroxyl groups excluding tert-OH is 1. The highest BCUT2D eigenvalue weighted by molar-refractivity contribution is 8.76. The van der Waals surface area contributed by atoms with Gasteiger partial charge in [-0.25, -0.2) is 20.2 Å². The summed E-state index contributed by atoms with van der Waals surface area (Å²) in [4.78, 5) is 162. The number of nitrogens with two attached hydrogens (primary N) is 3. The van der Waals surface area contributed by atoms with Crippen LogP contribution in [0.1, 0.15) is 175 Å². The van der Waals surface area contributed by atoms with E-state index < -0.39 is 99.2 Å². The molecule has 5 amide bonds. The Morgan fingerprint density at radius 2 is 1.59 bits per heavy atom. The Bertz CT molecular complexity index is 4760. The number of hydrazine groups is 1. The average molecular weight is 1680 g/mol. The number of aliphatic imine (C=N–C) groups is 1. The predicted octanol–water partition coefficient (Wildman–Crippen LogP) is 4.84. The molecule has 119 heavy (non-hydrogen) atoms. The predicted molar refractivity (Wildman–Crippen MR) is 453 cm³/mol. The summed E-state index contributed by atoms with van der Waals surface area (Å²) < 4.78 is 17.5. The van der Waals surface area contributed by atoms with E-state index in [-0.39, 0.29) is 112 Å². The minimum absolute atomic E-state index is 0.0451. The van der Waals surface area contributed by atoms with Crippen LogP contribution in [0.3, 0.4) is 0 Å². The van der Waals surface area contributed by atoms with Crippen LogP contribution >= 0.6 is 21.6 Å². The number of aromatic nitrogens is 5. The molecule has 1 spiro atoms. The number of β-amino-alcohol motifs (C(OH)–C–C–N with tert-alkyl or cyclic N) is 1. The van der Waals surface area contributed by atoms with E-state index in [1.807, 2.05) is 43.0 Å². The number of hydrogen-bond acceptors (Lipinski definition) is 27. The van der Waals surface area contributed by atoms with Gasteiger partial charge in [0.25, 0.3) is 23.8 Å². The number of carbonyl (C=O) groups excluding carboxylic acids is 9. The number of fused-ring (bicyclic) bond motifs is 3. The fraction of sp³-hybridized carbons (Fsp3) is 0.566. The van der Waals surface area contributed by atoms with Gasteiger partial charge < -0.3 is 82.8 Å². The summed E-state index contributed by atoms with van der Waals surface area (Å²) in [5.41, 5.74) is 22.5. The second-order valence-corrected chi connectivity index (χ2v) is 34.9. The minimum Gasteiger partial charge on any atom is -0.496 e. The van der Waals surface area contributed by atoms with Gasteiger partial charge in [0.2, 0.25) is 17.8 Å². The first-order valence-corrected chi connectivity index (χ1v) is 43.6. The highest BCUT2D eigenvalue weighted by atomic mass is 33.1. The summed E-state index contributed by atoms with van der Waals surface area (Å²) in [5.74, 6) is -4.54. The van der Waals surface area contributed by atoms with Crippen molar-refractivity contribution in [3.05, 3.63) is 111 Å². The number of nitrogens with one attached hydrogen (secondary N) is 8. The summed E-state index contributed by atoms with van der Waals surface area (Å²) in [6.45, 7) is 13.1. The van der Waals surface area contributed by atoms with Crippen LogP contribution in [0.15, 0.2) is 76.6 Å². The molecule has 34 nitrogen and oxygen atoms in total. The number of likely N-dealkylation sites (tertiary alicyclic amines) is 1. The van der Waals surface area contributed by atoms with Crippen molar-refractivity contribution in [3.8, 4) is 5.75 Å². The van der Waals surface area contributed by atoms with Crippen molar-refractivity contribution in [1.29, 1.82) is 0 Å². The third-order valence-electron chi connectivity index (χ3n) is 24.5. The van der Waals surface area contributed by atoms with Gasteiger partial charge in [-0.1, -0.05) is 67.5 Å². The summed E-state index contributed by atoms with van der Waals surface area (Å²) in [6, 6.07) is 15.4. The number of aromatic amines is 2. The zero-order valence-corrected chi connectivity index (χ0v) is 70.3. The van der Waals surface area contributed by atoms with E-state index in [9.17, 15) is 58.5 Å². The van der Waals surface area contributed by atoms with Crippen molar-refractivity contribution in [1.82, 2.24) is 61.5 Å². The molecule has 5 aliphatic rings. The lowest BCUT2D eigenvalue weighted by atomic mass is 9.46. The lowest BCUT2D eigenvalue weighted by Gasteiger charge is -2.64. The lowest BCUT2D eigenvalue weighted by Crippen LogP contribution is -2.82. The van der Waals surface area contributed by atoms with E-state index in [0.29, 0.717) is 124 Å². The Hall–Kier alpha value is -9.98. The van der Waals surface area contributed by atoms with Crippen LogP contribution in [0.5, 0.6) is 5.75 Å². The number of hydrogen-bond donors (Lipinski definition) is 14. The molecule has 4 aliphatic heterocycles. The third kappa shape index (κ3) is 20.2. The summed E-state index contributed by atoms with van der Waals surface area (Å²) in [6.07, 6.45) is 4.97. The largest absolute Gasteiger partial charge is 0.496 e. The highest BCUT2D eigenvalue weighted by Gasteiger charge is 2.79. The second-order valence-electron chi connectivity index (χ2n) is 32.2. The number of ether oxygens (including phenoxy) is 3. The molecule has 1 saturated carbocycles. The zero-order chi connectivity index (χ0) is 85.5. The van der Waals surface area contributed by atoms with Crippen LogP contribution in [-0.4, -0.2) is 236 Å². The number of methoxy groups -OCH3 is 1. The molecule has 3 saturated heterocycles. The van der Waals surface area contributed by atoms with Gasteiger partial charge in [-0.15, -0.1) is 0 Å². The van der Waals surface area contributed by atoms with Crippen LogP contribution in [-0.2, 0) is 61.4 Å². The second kappa shape index (κ2) is 39.9. The maximum absolute atomic E-state index is 15.1. The van der Waals surface area contributed by atoms with Crippen LogP contribution in [0.4, 0.5) is 22.1 Å². The fourth-order valence-electron chi connectivity index (χ4n) is 18.5. The van der Waals surface area contributed by atoms with Crippen molar-refractivity contribution in [2.24, 2.45) is 33.7 Å². The molecule has 644 valence electrons. The number of Topliss-reactive ketones (excluding diaryl/α,β-unsaturated/α-hetero) is 3. The number of guanidine groups is 1. The molecule has 7 heterocycles. The third-order valence-corrected chi connectivity index (χ3v) is 27.0. The molecule has 0 radical (unpaired) electrons. The molecule has 4 fully saturated rings. The maximum Gasteiger partial charge on any atom is 0.426 e. The Labute approximate surface area is 698 Å². The van der Waals surface area contributed by atoms with Gasteiger partial charge in [-0.05, 0) is 151 Å². The quantitative estimate of drug-likeness (QED) is 0.00609. The molecule has 3 aromatic heterocycles. The number of benzene rings is 3. The number of carbonyl (C=O) groups is 9. The molecule has 36 heteroatoms. The Morgan fingerprint density at radius 3 is 2.34 bits per heavy atom. The number of likely N-dealkylation sites (N-methyl/N-ethyl adjacent to an activating group) is 1. The number of rotatable bonds is 42. The SMILES string of the molecule is CC[C@]1(O)CCCN(CCc2c([C@@H](COC=O)c3cc4c(cc3OC)N(C)[C@H]3C(O)(C(=O)NNC(=O)OCCSSCCCC(=O)[C@H](C)NC(=O)[C@H](C)CC(=O)[C@H](CCCN=C(N)N)NC(=O)[C@@H](C)CC(=O)CCCNC(=O)c5ccc(NCc6cnc7nc(N)[nH]c(=O)c7n6)cc5)[C@H](O)[C@]5(CC)CCCN6CC[C@]43[C@@H]65)[nH]c3ccccc23)C1. The fourth-order valence-corrected chi connectivity index (χ4v) is 20.5. The number of H-pyrrole nitrogens is 2. The van der Waals surface area contributed by atoms with E-state index in [0.717, 1.165) is 59.2 Å². The van der Waals surface area contributed by atoms with Gasteiger partial charge in [-0.2, -0.15) is 4.98 Å². The first-order valence-electron chi connectivity index (χ1n) is 41.1. The lowest BCUT2D eigenvalue weighted by molar-refractivity contribution is -0.222. The number of nitrogen functional groups attached to an aromatic ring is 1. The molecule has 1 unspecified atom stereocenters. The van der Waals surface area contributed by atoms with E-state index in [1.54, 1.807) is 59.2 Å². The molecule has 6 aromatic rings. The Morgan fingerprint density at radius 1 is 0.840 bits per heavy atom. The monoisotopic (exact) mass is 1680 g/mol. The smallest absolute Gasteiger partial charge is 0.426 e. The standard InChI is InChI=1S/C83H114N18O16S2/c1-8-80(113)27-15-32-100(46-80)34-26-56-55-18-10-11-19-60(55)93-66(56)58(45-116-47-102)57-41-59-62(42-65(57)115-7)99(6)74-82(59)29-35-101-33-16-28-81(9-2,73(82)101)75(110)83(74,114)76(111)97-98-79(112)117-36-38-119-118-37-14-21-63(104)50(5)91-69(106)49(4)40-64(105)61(20-13-31-88-77(84)85)94-70(107)48(3)39-54(103)17-12-30-87-71(108)51-22-24-52(25-23-51)89-43-53-44-90-68-67(92-53)72(109)96-78(86)95-68/h10-11,18-19,22-25,41-42,44,47-50,58,61,73-75,89,93,110,113-114H,8-9,12-17,20-21,26-40,43,45-46H2,1-7H3,(H,87,108)(H,91,106)(H,94,107)(H,97,111)(H,98,112)(H4,84,85,88)(H3,86,90,95,96,109)/t48-,49+,50-,58-,61-,73-,74+,75+,80-,81+,82+,83?/m0/s1. The van der Waals surface area contributed by atoms with E-state index in [4.69, 9.17) is 31.4 Å². The van der Waals surface area contributed by atoms with Gasteiger partial charge in [-0.3, -0.25) is 63.5 Å². The number of nitrogens with zero attached hydrogens (tertiary/aromatic N) is 7. The van der Waals surface area contributed by atoms with Crippen molar-refractivity contribution < 1.29 is 72.7 Å². The van der Waals surface area contributed by atoms with Crippen molar-refractivity contribution in [2.45, 2.75) is 197 Å². The number of anilines is 3. The highest BCUT2D eigenvalue weighted by Crippen LogP contribution is 2.68. The van der Waals surface area contributed by atoms with Crippen molar-refractivity contribution in [3.63, 3.8) is 0 Å². The molecule has 11 rings (SSSR count). The van der Waals surface area contributed by atoms with Gasteiger partial charge in [0, 0.05) is 144 Å². The molecule has 3 aromatic carbocycles. The van der Waals surface area contributed by atoms with E-state index in [1.165, 1.54) is 27.8 Å². The summed E-state index contributed by atoms with van der Waals surface area (Å²) in [7, 11) is 6.22. The van der Waals surface area contributed by atoms with E-state index >= 15 is 4.79 Å². The van der Waals surface area contributed by atoms with Crippen molar-refractivity contribution >= 4 is 120 Å². The van der Waals surface area contributed by atoms with Crippen LogP contribution in [0, 0.1) is 17.3 Å². The summed E-state index contributed by atoms with van der Waals surface area (Å²) in [5, 5.41) is 50.3. The number of para-hydroxylation sites is 1. The normalized spacial score (nSPS) is 22.5. The average Bonchev–Trinajstić information content (AvgIpc) is 1.49. The Kier molecular flexibility index (Phi) is 30.1. The topological polar surface area (TPSA) is 502 Å². The molecule has 17 N–H and O–H groups in total. The van der Waals surface area contributed by atoms with Crippen LogP contribution < -0.4 is 64.5 Å².